The van der Waals surface area contributed by atoms with Crippen LogP contribution in [0.3, 0.4) is 0 Å². The summed E-state index contributed by atoms with van der Waals surface area (Å²) < 4.78 is 1.13. The van der Waals surface area contributed by atoms with Gasteiger partial charge in [0.05, 0.1) is 6.10 Å². The highest BCUT2D eigenvalue weighted by Gasteiger charge is 2.34. The Morgan fingerprint density at radius 1 is 1.28 bits per heavy atom. The van der Waals surface area contributed by atoms with Gasteiger partial charge in [-0.25, -0.2) is 0 Å². The Hall–Kier alpha value is -0.380. The van der Waals surface area contributed by atoms with Crippen LogP contribution in [0, 0.1) is 5.41 Å². The van der Waals surface area contributed by atoms with E-state index in [4.69, 9.17) is 0 Å². The molecule has 1 aromatic carbocycles. The van der Waals surface area contributed by atoms with Gasteiger partial charge in [0.25, 0.3) is 0 Å². The molecule has 0 amide bonds. The van der Waals surface area contributed by atoms with Gasteiger partial charge in [-0.2, -0.15) is 0 Å². The topological polar surface area (TPSA) is 32.3 Å². The SMILES string of the molecule is CNCC1(Cc2ccc(Br)cc2)CCC(O)CC1. The largest absolute Gasteiger partial charge is 0.393 e. The van der Waals surface area contributed by atoms with Gasteiger partial charge in [0, 0.05) is 11.0 Å². The second-order valence-electron chi connectivity index (χ2n) is 5.56. The lowest BCUT2D eigenvalue weighted by atomic mass is 9.69. The van der Waals surface area contributed by atoms with Crippen LogP contribution in [0.25, 0.3) is 0 Å². The van der Waals surface area contributed by atoms with Gasteiger partial charge in [-0.15, -0.1) is 0 Å². The second-order valence-corrected chi connectivity index (χ2v) is 6.48. The highest BCUT2D eigenvalue weighted by Crippen LogP contribution is 2.39. The number of aliphatic hydroxyl groups excluding tert-OH is 1. The molecule has 18 heavy (non-hydrogen) atoms. The van der Waals surface area contributed by atoms with Crippen molar-refractivity contribution in [2.45, 2.75) is 38.2 Å². The molecule has 100 valence electrons. The summed E-state index contributed by atoms with van der Waals surface area (Å²) in [5.74, 6) is 0. The summed E-state index contributed by atoms with van der Waals surface area (Å²) in [5, 5.41) is 13.0. The van der Waals surface area contributed by atoms with Crippen molar-refractivity contribution in [2.24, 2.45) is 5.41 Å². The molecule has 0 unspecified atom stereocenters. The Balaban J connectivity index is 2.08. The van der Waals surface area contributed by atoms with Gasteiger partial charge < -0.3 is 10.4 Å². The quantitative estimate of drug-likeness (QED) is 0.895. The molecule has 0 radical (unpaired) electrons. The van der Waals surface area contributed by atoms with Gasteiger partial charge in [-0.05, 0) is 62.3 Å². The van der Waals surface area contributed by atoms with E-state index in [-0.39, 0.29) is 6.10 Å². The molecule has 2 nitrogen and oxygen atoms in total. The maximum atomic E-state index is 9.69. The Labute approximate surface area is 118 Å². The van der Waals surface area contributed by atoms with E-state index < -0.39 is 0 Å². The fourth-order valence-corrected chi connectivity index (χ4v) is 3.31. The monoisotopic (exact) mass is 311 g/mol. The second kappa shape index (κ2) is 6.18. The zero-order valence-electron chi connectivity index (χ0n) is 11.0. The number of benzene rings is 1. The van der Waals surface area contributed by atoms with Crippen LogP contribution in [-0.4, -0.2) is 24.8 Å². The summed E-state index contributed by atoms with van der Waals surface area (Å²) in [6.45, 7) is 1.04. The third-order valence-corrected chi connectivity index (χ3v) is 4.59. The van der Waals surface area contributed by atoms with Crippen molar-refractivity contribution in [3.8, 4) is 0 Å². The predicted molar refractivity (Wildman–Crippen MR) is 78.7 cm³/mol. The van der Waals surface area contributed by atoms with Gasteiger partial charge >= 0.3 is 0 Å². The highest BCUT2D eigenvalue weighted by atomic mass is 79.9. The average Bonchev–Trinajstić information content (AvgIpc) is 2.37. The standard InChI is InChI=1S/C15H22BrNO/c1-17-11-15(8-6-14(18)7-9-15)10-12-2-4-13(16)5-3-12/h2-5,14,17-18H,6-11H2,1H3. The number of aliphatic hydroxyl groups is 1. The molecule has 0 saturated heterocycles. The molecule has 1 saturated carbocycles. The van der Waals surface area contributed by atoms with E-state index in [0.29, 0.717) is 5.41 Å². The van der Waals surface area contributed by atoms with Crippen molar-refractivity contribution in [2.75, 3.05) is 13.6 Å². The first-order valence-corrected chi connectivity index (χ1v) is 7.50. The lowest BCUT2D eigenvalue weighted by Crippen LogP contribution is -2.39. The van der Waals surface area contributed by atoms with Crippen molar-refractivity contribution < 1.29 is 5.11 Å². The van der Waals surface area contributed by atoms with E-state index in [9.17, 15) is 5.11 Å². The molecular formula is C15H22BrNO. The van der Waals surface area contributed by atoms with Crippen LogP contribution in [-0.2, 0) is 6.42 Å². The number of rotatable bonds is 4. The summed E-state index contributed by atoms with van der Waals surface area (Å²) in [6, 6.07) is 8.62. The third kappa shape index (κ3) is 3.56. The normalized spacial score (nSPS) is 28.3. The molecule has 1 aliphatic rings. The summed E-state index contributed by atoms with van der Waals surface area (Å²) in [4.78, 5) is 0. The summed E-state index contributed by atoms with van der Waals surface area (Å²) in [5.41, 5.74) is 1.71. The van der Waals surface area contributed by atoms with Crippen LogP contribution < -0.4 is 5.32 Å². The Morgan fingerprint density at radius 3 is 2.44 bits per heavy atom. The third-order valence-electron chi connectivity index (χ3n) is 4.06. The van der Waals surface area contributed by atoms with Crippen molar-refractivity contribution in [3.63, 3.8) is 0 Å². The molecule has 1 aliphatic carbocycles. The predicted octanol–water partition coefficient (Wildman–Crippen LogP) is 3.13. The molecule has 1 fully saturated rings. The average molecular weight is 312 g/mol. The van der Waals surface area contributed by atoms with Gasteiger partial charge in [0.1, 0.15) is 0 Å². The Bertz CT molecular complexity index is 369. The van der Waals surface area contributed by atoms with Crippen LogP contribution in [0.2, 0.25) is 0 Å². The zero-order chi connectivity index (χ0) is 13.0. The zero-order valence-corrected chi connectivity index (χ0v) is 12.5. The van der Waals surface area contributed by atoms with E-state index in [0.717, 1.165) is 43.1 Å². The van der Waals surface area contributed by atoms with Gasteiger partial charge in [-0.1, -0.05) is 28.1 Å². The number of hydrogen-bond acceptors (Lipinski definition) is 2. The van der Waals surface area contributed by atoms with E-state index in [1.807, 2.05) is 7.05 Å². The molecule has 3 heteroatoms. The fourth-order valence-electron chi connectivity index (χ4n) is 3.04. The van der Waals surface area contributed by atoms with Crippen molar-refractivity contribution >= 4 is 15.9 Å². The Morgan fingerprint density at radius 2 is 1.89 bits per heavy atom. The lowest BCUT2D eigenvalue weighted by Gasteiger charge is -2.39. The number of halogens is 1. The molecule has 2 N–H and O–H groups in total. The van der Waals surface area contributed by atoms with Crippen LogP contribution in [0.4, 0.5) is 0 Å². The molecule has 0 atom stereocenters. The molecule has 0 aromatic heterocycles. The molecule has 1 aromatic rings. The molecule has 0 heterocycles. The maximum absolute atomic E-state index is 9.69. The fraction of sp³-hybridized carbons (Fsp3) is 0.600. The molecule has 0 aliphatic heterocycles. The van der Waals surface area contributed by atoms with E-state index in [1.165, 1.54) is 5.56 Å². The summed E-state index contributed by atoms with van der Waals surface area (Å²) in [6.07, 6.45) is 5.14. The molecular weight excluding hydrogens is 290 g/mol. The Kier molecular flexibility index (Phi) is 4.82. The van der Waals surface area contributed by atoms with Crippen molar-refractivity contribution in [3.05, 3.63) is 34.3 Å². The van der Waals surface area contributed by atoms with Gasteiger partial charge in [0.2, 0.25) is 0 Å². The van der Waals surface area contributed by atoms with Crippen LogP contribution in [0.1, 0.15) is 31.2 Å². The summed E-state index contributed by atoms with van der Waals surface area (Å²) in [7, 11) is 2.02. The molecule has 0 spiro atoms. The minimum atomic E-state index is -0.0834. The first-order chi connectivity index (χ1) is 8.63. The highest BCUT2D eigenvalue weighted by molar-refractivity contribution is 9.10. The first kappa shape index (κ1) is 14.0. The minimum absolute atomic E-state index is 0.0834. The van der Waals surface area contributed by atoms with Crippen LogP contribution in [0.15, 0.2) is 28.7 Å². The maximum Gasteiger partial charge on any atom is 0.0540 e. The van der Waals surface area contributed by atoms with E-state index in [2.05, 4.69) is 45.5 Å². The first-order valence-electron chi connectivity index (χ1n) is 6.71. The molecule has 0 bridgehead atoms. The van der Waals surface area contributed by atoms with Crippen molar-refractivity contribution in [1.29, 1.82) is 0 Å². The summed E-state index contributed by atoms with van der Waals surface area (Å²) >= 11 is 3.48. The van der Waals surface area contributed by atoms with Crippen LogP contribution >= 0.6 is 15.9 Å². The molecule has 2 rings (SSSR count). The lowest BCUT2D eigenvalue weighted by molar-refractivity contribution is 0.0629. The number of nitrogens with one attached hydrogen (secondary N) is 1. The van der Waals surface area contributed by atoms with Crippen LogP contribution in [0.5, 0.6) is 0 Å². The van der Waals surface area contributed by atoms with E-state index >= 15 is 0 Å². The van der Waals surface area contributed by atoms with Crippen molar-refractivity contribution in [1.82, 2.24) is 5.32 Å². The smallest absolute Gasteiger partial charge is 0.0540 e. The number of hydrogen-bond donors (Lipinski definition) is 2. The minimum Gasteiger partial charge on any atom is -0.393 e. The van der Waals surface area contributed by atoms with E-state index in [1.54, 1.807) is 0 Å². The van der Waals surface area contributed by atoms with Gasteiger partial charge in [0.15, 0.2) is 0 Å². The van der Waals surface area contributed by atoms with Gasteiger partial charge in [-0.3, -0.25) is 0 Å².